The van der Waals surface area contributed by atoms with Crippen molar-refractivity contribution in [2.45, 2.75) is 32.0 Å². The zero-order valence-corrected chi connectivity index (χ0v) is 13.6. The first kappa shape index (κ1) is 16.6. The molecule has 0 aliphatic carbocycles. The standard InChI is InChI=1S/C16H17F3N2O3/c1-7-8(2)21(3)13-9(7)5-10-12(14(13)24-4)20-11(22)6-15(10,23)16(17,18)19/h5,23H,6H2,1-4H3,(H,20,22). The van der Waals surface area contributed by atoms with E-state index in [-0.39, 0.29) is 11.4 Å². The number of carbonyl (C=O) groups excluding carboxylic acids is 1. The van der Waals surface area contributed by atoms with Crippen LogP contribution in [0, 0.1) is 13.8 Å². The lowest BCUT2D eigenvalue weighted by Gasteiger charge is -2.36. The van der Waals surface area contributed by atoms with E-state index in [1.165, 1.54) is 13.2 Å². The largest absolute Gasteiger partial charge is 0.492 e. The van der Waals surface area contributed by atoms with E-state index >= 15 is 0 Å². The number of benzene rings is 1. The van der Waals surface area contributed by atoms with Crippen LogP contribution < -0.4 is 10.1 Å². The molecule has 1 amide bonds. The van der Waals surface area contributed by atoms with Crippen molar-refractivity contribution >= 4 is 22.5 Å². The molecule has 2 aromatic rings. The Hall–Kier alpha value is -2.22. The molecule has 24 heavy (non-hydrogen) atoms. The number of fused-ring (bicyclic) bond motifs is 2. The molecule has 0 bridgehead atoms. The third-order valence-electron chi connectivity index (χ3n) is 4.84. The molecule has 0 radical (unpaired) electrons. The third-order valence-corrected chi connectivity index (χ3v) is 4.84. The number of ether oxygens (including phenoxy) is 1. The van der Waals surface area contributed by atoms with E-state index < -0.39 is 29.7 Å². The van der Waals surface area contributed by atoms with Crippen molar-refractivity contribution in [3.8, 4) is 5.75 Å². The highest BCUT2D eigenvalue weighted by molar-refractivity contribution is 6.04. The van der Waals surface area contributed by atoms with Crippen LogP contribution in [0.3, 0.4) is 0 Å². The number of aryl methyl sites for hydroxylation is 2. The third kappa shape index (κ3) is 1.95. The van der Waals surface area contributed by atoms with Crippen LogP contribution in [0.5, 0.6) is 5.75 Å². The van der Waals surface area contributed by atoms with Crippen molar-refractivity contribution in [1.29, 1.82) is 0 Å². The van der Waals surface area contributed by atoms with Gasteiger partial charge in [-0.15, -0.1) is 0 Å². The molecular weight excluding hydrogens is 325 g/mol. The van der Waals surface area contributed by atoms with Crippen molar-refractivity contribution in [2.24, 2.45) is 7.05 Å². The van der Waals surface area contributed by atoms with E-state index in [2.05, 4.69) is 5.32 Å². The summed E-state index contributed by atoms with van der Waals surface area (Å²) in [4.78, 5) is 11.8. The number of carbonyl (C=O) groups is 1. The Morgan fingerprint density at radius 3 is 2.54 bits per heavy atom. The fraction of sp³-hybridized carbons (Fsp3) is 0.438. The van der Waals surface area contributed by atoms with Gasteiger partial charge >= 0.3 is 6.18 Å². The van der Waals surface area contributed by atoms with Crippen LogP contribution in [0.2, 0.25) is 0 Å². The van der Waals surface area contributed by atoms with Crippen molar-refractivity contribution in [3.63, 3.8) is 0 Å². The van der Waals surface area contributed by atoms with E-state index in [1.54, 1.807) is 18.5 Å². The number of nitrogens with one attached hydrogen (secondary N) is 1. The SMILES string of the molecule is COc1c2c(cc3c(C)c(C)n(C)c13)C(O)(C(F)(F)F)CC(=O)N2. The fourth-order valence-electron chi connectivity index (χ4n) is 3.29. The Balaban J connectivity index is 2.49. The minimum absolute atomic E-state index is 0.108. The first-order valence-corrected chi connectivity index (χ1v) is 7.29. The summed E-state index contributed by atoms with van der Waals surface area (Å²) >= 11 is 0. The highest BCUT2D eigenvalue weighted by atomic mass is 19.4. The van der Waals surface area contributed by atoms with Crippen LogP contribution in [-0.4, -0.2) is 28.9 Å². The molecule has 2 N–H and O–H groups in total. The second kappa shape index (κ2) is 4.89. The summed E-state index contributed by atoms with van der Waals surface area (Å²) in [5, 5.41) is 13.3. The average molecular weight is 342 g/mol. The minimum Gasteiger partial charge on any atom is -0.492 e. The second-order valence-corrected chi connectivity index (χ2v) is 6.08. The summed E-state index contributed by atoms with van der Waals surface area (Å²) < 4.78 is 47.7. The summed E-state index contributed by atoms with van der Waals surface area (Å²) in [6.07, 6.45) is -6.07. The maximum atomic E-state index is 13.5. The van der Waals surface area contributed by atoms with Crippen LogP contribution in [0.25, 0.3) is 10.9 Å². The van der Waals surface area contributed by atoms with Crippen LogP contribution in [0.4, 0.5) is 18.9 Å². The molecule has 0 fully saturated rings. The average Bonchev–Trinajstić information content (AvgIpc) is 2.69. The summed E-state index contributed by atoms with van der Waals surface area (Å²) in [6, 6.07) is 1.29. The van der Waals surface area contributed by atoms with Gasteiger partial charge in [0.15, 0.2) is 11.4 Å². The van der Waals surface area contributed by atoms with Gasteiger partial charge in [0.1, 0.15) is 0 Å². The molecule has 1 aromatic heterocycles. The number of hydrogen-bond acceptors (Lipinski definition) is 3. The summed E-state index contributed by atoms with van der Waals surface area (Å²) in [7, 11) is 3.08. The topological polar surface area (TPSA) is 63.5 Å². The van der Waals surface area contributed by atoms with Gasteiger partial charge in [0, 0.05) is 23.7 Å². The van der Waals surface area contributed by atoms with E-state index in [4.69, 9.17) is 4.74 Å². The number of amides is 1. The Morgan fingerprint density at radius 1 is 1.38 bits per heavy atom. The number of aromatic nitrogens is 1. The molecule has 8 heteroatoms. The number of methoxy groups -OCH3 is 1. The number of alkyl halides is 3. The molecule has 1 aromatic carbocycles. The summed E-state index contributed by atoms with van der Waals surface area (Å²) in [5.74, 6) is -0.806. The second-order valence-electron chi connectivity index (χ2n) is 6.08. The Morgan fingerprint density at radius 2 is 2.00 bits per heavy atom. The molecule has 1 unspecified atom stereocenters. The fourth-order valence-corrected chi connectivity index (χ4v) is 3.29. The Kier molecular flexibility index (Phi) is 3.39. The van der Waals surface area contributed by atoms with Gasteiger partial charge in [-0.3, -0.25) is 4.79 Å². The lowest BCUT2D eigenvalue weighted by molar-refractivity contribution is -0.267. The van der Waals surface area contributed by atoms with Crippen molar-refractivity contribution < 1.29 is 27.8 Å². The van der Waals surface area contributed by atoms with E-state index in [1.807, 2.05) is 6.92 Å². The van der Waals surface area contributed by atoms with E-state index in [9.17, 15) is 23.1 Å². The molecular formula is C16H17F3N2O3. The van der Waals surface area contributed by atoms with Gasteiger partial charge < -0.3 is 19.7 Å². The zero-order chi connectivity index (χ0) is 18.0. The van der Waals surface area contributed by atoms with Gasteiger partial charge in [-0.2, -0.15) is 13.2 Å². The van der Waals surface area contributed by atoms with Gasteiger partial charge in [0.25, 0.3) is 0 Å². The van der Waals surface area contributed by atoms with Gasteiger partial charge in [-0.05, 0) is 25.5 Å². The molecule has 130 valence electrons. The Labute approximate surface area is 136 Å². The van der Waals surface area contributed by atoms with E-state index in [0.29, 0.717) is 10.9 Å². The predicted octanol–water partition coefficient (Wildman–Crippen LogP) is 2.90. The molecule has 0 spiro atoms. The van der Waals surface area contributed by atoms with Crippen molar-refractivity contribution in [2.75, 3.05) is 12.4 Å². The molecule has 1 aliphatic heterocycles. The lowest BCUT2D eigenvalue weighted by Crippen LogP contribution is -2.48. The number of nitrogens with zero attached hydrogens (tertiary/aromatic N) is 1. The van der Waals surface area contributed by atoms with Gasteiger partial charge in [0.2, 0.25) is 5.91 Å². The molecule has 3 rings (SSSR count). The van der Waals surface area contributed by atoms with Gasteiger partial charge in [0.05, 0.1) is 24.7 Å². The zero-order valence-electron chi connectivity index (χ0n) is 13.6. The van der Waals surface area contributed by atoms with Crippen LogP contribution in [-0.2, 0) is 17.4 Å². The van der Waals surface area contributed by atoms with Crippen LogP contribution >= 0.6 is 0 Å². The number of rotatable bonds is 1. The maximum Gasteiger partial charge on any atom is 0.422 e. The van der Waals surface area contributed by atoms with Crippen molar-refractivity contribution in [3.05, 3.63) is 22.9 Å². The summed E-state index contributed by atoms with van der Waals surface area (Å²) in [5.41, 5.74) is -1.57. The van der Waals surface area contributed by atoms with Crippen molar-refractivity contribution in [1.82, 2.24) is 4.57 Å². The monoisotopic (exact) mass is 342 g/mol. The molecule has 1 aliphatic rings. The summed E-state index contributed by atoms with van der Waals surface area (Å²) in [6.45, 7) is 3.62. The maximum absolute atomic E-state index is 13.5. The van der Waals surface area contributed by atoms with Crippen LogP contribution in [0.1, 0.15) is 23.2 Å². The predicted molar refractivity (Wildman–Crippen MR) is 82.1 cm³/mol. The number of aliphatic hydroxyl groups is 1. The quantitative estimate of drug-likeness (QED) is 0.838. The van der Waals surface area contributed by atoms with E-state index in [0.717, 1.165) is 11.3 Å². The Bertz CT molecular complexity index is 870. The molecule has 5 nitrogen and oxygen atoms in total. The molecule has 1 atom stereocenters. The lowest BCUT2D eigenvalue weighted by atomic mass is 9.83. The number of halogens is 3. The molecule has 0 saturated carbocycles. The minimum atomic E-state index is -4.99. The van der Waals surface area contributed by atoms with Gasteiger partial charge in [-0.25, -0.2) is 0 Å². The normalized spacial score (nSPS) is 20.9. The van der Waals surface area contributed by atoms with Crippen LogP contribution in [0.15, 0.2) is 6.07 Å². The first-order chi connectivity index (χ1) is 11.0. The molecule has 2 heterocycles. The highest BCUT2D eigenvalue weighted by Crippen LogP contribution is 2.52. The van der Waals surface area contributed by atoms with Gasteiger partial charge in [-0.1, -0.05) is 0 Å². The number of anilines is 1. The first-order valence-electron chi connectivity index (χ1n) is 7.29. The smallest absolute Gasteiger partial charge is 0.422 e. The number of hydrogen-bond donors (Lipinski definition) is 2. The highest BCUT2D eigenvalue weighted by Gasteiger charge is 2.59. The molecule has 0 saturated heterocycles.